The molecule has 0 bridgehead atoms. The Kier molecular flexibility index (Phi) is 6.02. The highest BCUT2D eigenvalue weighted by Crippen LogP contribution is 2.37. The lowest BCUT2D eigenvalue weighted by Crippen LogP contribution is -2.53. The molecule has 1 aromatic carbocycles. The summed E-state index contributed by atoms with van der Waals surface area (Å²) in [5, 5.41) is 0.0151. The fourth-order valence-electron chi connectivity index (χ4n) is 3.52. The van der Waals surface area contributed by atoms with Crippen LogP contribution in [0.4, 0.5) is 0 Å². The third kappa shape index (κ3) is 4.18. The lowest BCUT2D eigenvalue weighted by Gasteiger charge is -2.36. The largest absolute Gasteiger partial charge is 0.342 e. The fourth-order valence-corrected chi connectivity index (χ4v) is 4.80. The average molecular weight is 362 g/mol. The molecule has 136 valence electrons. The van der Waals surface area contributed by atoms with Gasteiger partial charge in [0, 0.05) is 44.2 Å². The Hall–Kier alpha value is -1.53. The van der Waals surface area contributed by atoms with Crippen molar-refractivity contribution in [1.29, 1.82) is 0 Å². The molecule has 2 heterocycles. The summed E-state index contributed by atoms with van der Waals surface area (Å²) in [6.07, 6.45) is 0.834. The first-order chi connectivity index (χ1) is 12.1. The van der Waals surface area contributed by atoms with Crippen molar-refractivity contribution in [1.82, 2.24) is 14.7 Å². The van der Waals surface area contributed by atoms with Crippen LogP contribution >= 0.6 is 11.8 Å². The standard InChI is InChI=1S/C19H27N3O2S/c1-3-21(4-2)18(23)14-20-9-11-22(12-10-20)19(24)17-13-15-7-5-6-8-16(15)25-17/h5-8,17H,3-4,9-14H2,1-2H3. The molecule has 0 aliphatic carbocycles. The number of thioether (sulfide) groups is 1. The number of piperazine rings is 1. The van der Waals surface area contributed by atoms with Crippen molar-refractivity contribution in [2.24, 2.45) is 0 Å². The predicted molar refractivity (Wildman–Crippen MR) is 101 cm³/mol. The Morgan fingerprint density at radius 3 is 2.44 bits per heavy atom. The summed E-state index contributed by atoms with van der Waals surface area (Å²) >= 11 is 1.69. The van der Waals surface area contributed by atoms with Gasteiger partial charge in [0.2, 0.25) is 11.8 Å². The molecule has 0 N–H and O–H groups in total. The quantitative estimate of drug-likeness (QED) is 0.801. The van der Waals surface area contributed by atoms with E-state index in [2.05, 4.69) is 17.0 Å². The van der Waals surface area contributed by atoms with Gasteiger partial charge in [-0.3, -0.25) is 14.5 Å². The maximum absolute atomic E-state index is 12.8. The highest BCUT2D eigenvalue weighted by molar-refractivity contribution is 8.01. The molecule has 0 saturated carbocycles. The van der Waals surface area contributed by atoms with Gasteiger partial charge in [-0.25, -0.2) is 0 Å². The van der Waals surface area contributed by atoms with E-state index in [-0.39, 0.29) is 17.1 Å². The highest BCUT2D eigenvalue weighted by Gasteiger charge is 2.33. The number of fused-ring (bicyclic) bond motifs is 1. The van der Waals surface area contributed by atoms with Crippen molar-refractivity contribution in [3.8, 4) is 0 Å². The molecule has 0 aromatic heterocycles. The molecule has 2 aliphatic rings. The predicted octanol–water partition coefficient (Wildman–Crippen LogP) is 1.72. The lowest BCUT2D eigenvalue weighted by atomic mass is 10.1. The van der Waals surface area contributed by atoms with Crippen molar-refractivity contribution >= 4 is 23.6 Å². The van der Waals surface area contributed by atoms with Gasteiger partial charge in [0.05, 0.1) is 11.8 Å². The van der Waals surface area contributed by atoms with Gasteiger partial charge in [0.15, 0.2) is 0 Å². The summed E-state index contributed by atoms with van der Waals surface area (Å²) in [4.78, 5) is 32.3. The maximum atomic E-state index is 12.8. The number of amides is 2. The normalized spacial score (nSPS) is 20.4. The van der Waals surface area contributed by atoms with E-state index in [1.54, 1.807) is 11.8 Å². The first kappa shape index (κ1) is 18.3. The van der Waals surface area contributed by atoms with Crippen LogP contribution in [0.1, 0.15) is 19.4 Å². The monoisotopic (exact) mass is 361 g/mol. The Labute approximate surface area is 154 Å². The van der Waals surface area contributed by atoms with Crippen molar-refractivity contribution in [3.05, 3.63) is 29.8 Å². The fraction of sp³-hybridized carbons (Fsp3) is 0.579. The van der Waals surface area contributed by atoms with Crippen LogP contribution in [0.3, 0.4) is 0 Å². The zero-order valence-corrected chi connectivity index (χ0v) is 15.9. The molecule has 0 spiro atoms. The van der Waals surface area contributed by atoms with Crippen LogP contribution in [0.2, 0.25) is 0 Å². The van der Waals surface area contributed by atoms with Gasteiger partial charge in [-0.05, 0) is 31.9 Å². The Morgan fingerprint density at radius 2 is 1.80 bits per heavy atom. The molecule has 2 amide bonds. The van der Waals surface area contributed by atoms with Gasteiger partial charge in [-0.15, -0.1) is 11.8 Å². The first-order valence-electron chi connectivity index (χ1n) is 9.15. The number of rotatable bonds is 5. The molecule has 1 atom stereocenters. The van der Waals surface area contributed by atoms with Gasteiger partial charge in [-0.1, -0.05) is 18.2 Å². The van der Waals surface area contributed by atoms with Gasteiger partial charge in [0.25, 0.3) is 0 Å². The molecule has 2 aliphatic heterocycles. The number of hydrogen-bond acceptors (Lipinski definition) is 4. The summed E-state index contributed by atoms with van der Waals surface area (Å²) in [6.45, 7) is 9.00. The molecular formula is C19H27N3O2S. The van der Waals surface area contributed by atoms with Gasteiger partial charge >= 0.3 is 0 Å². The first-order valence-corrected chi connectivity index (χ1v) is 10.0. The topological polar surface area (TPSA) is 43.9 Å². The van der Waals surface area contributed by atoms with E-state index in [0.29, 0.717) is 6.54 Å². The smallest absolute Gasteiger partial charge is 0.236 e. The second-order valence-electron chi connectivity index (χ2n) is 6.59. The number of carbonyl (C=O) groups is 2. The van der Waals surface area contributed by atoms with Crippen molar-refractivity contribution in [2.45, 2.75) is 30.4 Å². The summed E-state index contributed by atoms with van der Waals surface area (Å²) < 4.78 is 0. The van der Waals surface area contributed by atoms with E-state index in [0.717, 1.165) is 45.7 Å². The van der Waals surface area contributed by atoms with E-state index in [9.17, 15) is 9.59 Å². The van der Waals surface area contributed by atoms with Crippen molar-refractivity contribution < 1.29 is 9.59 Å². The van der Waals surface area contributed by atoms with Crippen LogP contribution < -0.4 is 0 Å². The molecule has 1 aromatic rings. The second kappa shape index (κ2) is 8.23. The van der Waals surface area contributed by atoms with Crippen LogP contribution in [0, 0.1) is 0 Å². The molecule has 6 heteroatoms. The molecule has 3 rings (SSSR count). The van der Waals surface area contributed by atoms with Crippen LogP contribution in [-0.4, -0.2) is 77.6 Å². The SMILES string of the molecule is CCN(CC)C(=O)CN1CCN(C(=O)C2Cc3ccccc3S2)CC1. The zero-order chi connectivity index (χ0) is 17.8. The van der Waals surface area contributed by atoms with Crippen LogP contribution in [0.5, 0.6) is 0 Å². The molecule has 0 radical (unpaired) electrons. The number of nitrogens with zero attached hydrogens (tertiary/aromatic N) is 3. The van der Waals surface area contributed by atoms with Crippen LogP contribution in [0.15, 0.2) is 29.2 Å². The average Bonchev–Trinajstić information content (AvgIpc) is 3.07. The van der Waals surface area contributed by atoms with Gasteiger partial charge in [-0.2, -0.15) is 0 Å². The Bertz CT molecular complexity index is 600. The molecular weight excluding hydrogens is 334 g/mol. The van der Waals surface area contributed by atoms with Gasteiger partial charge in [0.1, 0.15) is 0 Å². The summed E-state index contributed by atoms with van der Waals surface area (Å²) in [6, 6.07) is 8.29. The number of likely N-dealkylation sites (N-methyl/N-ethyl adjacent to an activating group) is 1. The summed E-state index contributed by atoms with van der Waals surface area (Å²) in [7, 11) is 0. The lowest BCUT2D eigenvalue weighted by molar-refractivity contribution is -0.134. The van der Waals surface area contributed by atoms with E-state index in [1.165, 1.54) is 10.5 Å². The van der Waals surface area contributed by atoms with Crippen LogP contribution in [0.25, 0.3) is 0 Å². The minimum Gasteiger partial charge on any atom is -0.342 e. The number of carbonyl (C=O) groups excluding carboxylic acids is 2. The third-order valence-electron chi connectivity index (χ3n) is 5.08. The van der Waals surface area contributed by atoms with Crippen LogP contribution in [-0.2, 0) is 16.0 Å². The van der Waals surface area contributed by atoms with Crippen molar-refractivity contribution in [2.75, 3.05) is 45.8 Å². The zero-order valence-electron chi connectivity index (χ0n) is 15.1. The van der Waals surface area contributed by atoms with E-state index in [1.807, 2.05) is 35.8 Å². The molecule has 25 heavy (non-hydrogen) atoms. The minimum absolute atomic E-state index is 0.0151. The Balaban J connectivity index is 1.48. The summed E-state index contributed by atoms with van der Waals surface area (Å²) in [5.41, 5.74) is 1.29. The van der Waals surface area contributed by atoms with Gasteiger partial charge < -0.3 is 9.80 Å². The third-order valence-corrected chi connectivity index (χ3v) is 6.39. The molecule has 1 unspecified atom stereocenters. The highest BCUT2D eigenvalue weighted by atomic mass is 32.2. The Morgan fingerprint density at radius 1 is 1.12 bits per heavy atom. The van der Waals surface area contributed by atoms with E-state index >= 15 is 0 Å². The second-order valence-corrected chi connectivity index (χ2v) is 7.83. The molecule has 1 fully saturated rings. The van der Waals surface area contributed by atoms with E-state index in [4.69, 9.17) is 0 Å². The minimum atomic E-state index is 0.0151. The van der Waals surface area contributed by atoms with E-state index < -0.39 is 0 Å². The summed E-state index contributed by atoms with van der Waals surface area (Å²) in [5.74, 6) is 0.433. The van der Waals surface area contributed by atoms with Crippen molar-refractivity contribution in [3.63, 3.8) is 0 Å². The number of hydrogen-bond donors (Lipinski definition) is 0. The number of benzene rings is 1. The molecule has 5 nitrogen and oxygen atoms in total. The maximum Gasteiger partial charge on any atom is 0.236 e. The molecule has 1 saturated heterocycles.